The normalized spacial score (nSPS) is 10.5. The number of carbonyl (C=O) groups is 2. The molecular formula is C18H27NO4. The highest BCUT2D eigenvalue weighted by Gasteiger charge is 2.19. The van der Waals surface area contributed by atoms with E-state index in [1.807, 2.05) is 45.9 Å². The molecule has 0 unspecified atom stereocenters. The largest absolute Gasteiger partial charge is 0.483 e. The molecule has 1 aromatic rings. The van der Waals surface area contributed by atoms with E-state index < -0.39 is 0 Å². The first-order chi connectivity index (χ1) is 10.9. The Kier molecular flexibility index (Phi) is 7.59. The van der Waals surface area contributed by atoms with Crippen molar-refractivity contribution in [3.8, 4) is 5.75 Å². The van der Waals surface area contributed by atoms with Crippen molar-refractivity contribution in [3.05, 3.63) is 29.3 Å². The van der Waals surface area contributed by atoms with Gasteiger partial charge in [0, 0.05) is 12.6 Å². The van der Waals surface area contributed by atoms with Crippen LogP contribution in [0.1, 0.15) is 38.3 Å². The maximum absolute atomic E-state index is 12.4. The van der Waals surface area contributed by atoms with Crippen molar-refractivity contribution in [1.29, 1.82) is 0 Å². The lowest BCUT2D eigenvalue weighted by Crippen LogP contribution is -2.41. The van der Waals surface area contributed by atoms with Crippen LogP contribution in [0.15, 0.2) is 18.2 Å². The first kappa shape index (κ1) is 19.0. The van der Waals surface area contributed by atoms with Gasteiger partial charge in [-0.3, -0.25) is 9.59 Å². The molecule has 1 rings (SSSR count). The fourth-order valence-electron chi connectivity index (χ4n) is 2.22. The third-order valence-corrected chi connectivity index (χ3v) is 3.71. The van der Waals surface area contributed by atoms with Gasteiger partial charge in [0.1, 0.15) is 5.75 Å². The van der Waals surface area contributed by atoms with Crippen LogP contribution < -0.4 is 4.74 Å². The lowest BCUT2D eigenvalue weighted by Gasteiger charge is -2.26. The molecule has 0 spiro atoms. The van der Waals surface area contributed by atoms with Crippen molar-refractivity contribution in [3.63, 3.8) is 0 Å². The third-order valence-electron chi connectivity index (χ3n) is 3.71. The van der Waals surface area contributed by atoms with Crippen molar-refractivity contribution in [2.24, 2.45) is 0 Å². The molecule has 0 aliphatic rings. The van der Waals surface area contributed by atoms with Gasteiger partial charge in [0.2, 0.25) is 0 Å². The standard InChI is InChI=1S/C18H27NO4/c1-6-22-18(21)10-11-19(13(2)3)17(20)12-23-16-9-7-8-14(4)15(16)5/h7-9,13H,6,10-12H2,1-5H3. The van der Waals surface area contributed by atoms with Crippen LogP contribution in [0.3, 0.4) is 0 Å². The van der Waals surface area contributed by atoms with E-state index in [4.69, 9.17) is 9.47 Å². The second kappa shape index (κ2) is 9.18. The zero-order valence-electron chi connectivity index (χ0n) is 14.7. The summed E-state index contributed by atoms with van der Waals surface area (Å²) < 4.78 is 10.6. The fraction of sp³-hybridized carbons (Fsp3) is 0.556. The van der Waals surface area contributed by atoms with Gasteiger partial charge in [-0.1, -0.05) is 12.1 Å². The van der Waals surface area contributed by atoms with Gasteiger partial charge in [0.05, 0.1) is 13.0 Å². The maximum Gasteiger partial charge on any atom is 0.307 e. The van der Waals surface area contributed by atoms with Crippen LogP contribution in [0, 0.1) is 13.8 Å². The summed E-state index contributed by atoms with van der Waals surface area (Å²) in [6.45, 7) is 10.2. The molecule has 5 heteroatoms. The Balaban J connectivity index is 2.61. The van der Waals surface area contributed by atoms with Gasteiger partial charge in [-0.05, 0) is 51.8 Å². The molecule has 23 heavy (non-hydrogen) atoms. The Hall–Kier alpha value is -2.04. The topological polar surface area (TPSA) is 55.8 Å². The highest BCUT2D eigenvalue weighted by Crippen LogP contribution is 2.20. The van der Waals surface area contributed by atoms with Gasteiger partial charge >= 0.3 is 5.97 Å². The second-order valence-corrected chi connectivity index (χ2v) is 5.72. The molecule has 0 fully saturated rings. The Labute approximate surface area is 138 Å². The summed E-state index contributed by atoms with van der Waals surface area (Å²) in [5.74, 6) is 0.291. The molecule has 0 N–H and O–H groups in total. The summed E-state index contributed by atoms with van der Waals surface area (Å²) in [6, 6.07) is 5.76. The summed E-state index contributed by atoms with van der Waals surface area (Å²) in [6.07, 6.45) is 0.196. The molecule has 0 aliphatic heterocycles. The number of benzene rings is 1. The van der Waals surface area contributed by atoms with E-state index >= 15 is 0 Å². The zero-order valence-corrected chi connectivity index (χ0v) is 14.7. The molecule has 0 radical (unpaired) electrons. The molecule has 1 aromatic carbocycles. The first-order valence-corrected chi connectivity index (χ1v) is 8.00. The molecule has 0 atom stereocenters. The molecule has 0 heterocycles. The van der Waals surface area contributed by atoms with Crippen LogP contribution in [0.25, 0.3) is 0 Å². The van der Waals surface area contributed by atoms with Crippen molar-refractivity contribution >= 4 is 11.9 Å². The number of nitrogens with zero attached hydrogens (tertiary/aromatic N) is 1. The Morgan fingerprint density at radius 1 is 1.22 bits per heavy atom. The zero-order chi connectivity index (χ0) is 17.4. The average molecular weight is 321 g/mol. The van der Waals surface area contributed by atoms with Gasteiger partial charge < -0.3 is 14.4 Å². The lowest BCUT2D eigenvalue weighted by atomic mass is 10.1. The molecule has 0 aliphatic carbocycles. The summed E-state index contributed by atoms with van der Waals surface area (Å²) in [5.41, 5.74) is 2.15. The first-order valence-electron chi connectivity index (χ1n) is 8.00. The predicted octanol–water partition coefficient (Wildman–Crippen LogP) is 2.87. The summed E-state index contributed by atoms with van der Waals surface area (Å²) >= 11 is 0. The minimum absolute atomic E-state index is 0.000803. The lowest BCUT2D eigenvalue weighted by molar-refractivity contribution is -0.144. The number of rotatable bonds is 8. The smallest absolute Gasteiger partial charge is 0.307 e. The average Bonchev–Trinajstić information content (AvgIpc) is 2.49. The fourth-order valence-corrected chi connectivity index (χ4v) is 2.22. The van der Waals surface area contributed by atoms with Crippen molar-refractivity contribution in [2.45, 2.75) is 47.1 Å². The highest BCUT2D eigenvalue weighted by molar-refractivity contribution is 5.79. The van der Waals surface area contributed by atoms with Crippen LogP contribution in [-0.4, -0.2) is 42.6 Å². The minimum atomic E-state index is -0.290. The molecular weight excluding hydrogens is 294 g/mol. The second-order valence-electron chi connectivity index (χ2n) is 5.72. The SMILES string of the molecule is CCOC(=O)CCN(C(=O)COc1cccc(C)c1C)C(C)C. The van der Waals surface area contributed by atoms with Crippen LogP contribution in [0.2, 0.25) is 0 Å². The predicted molar refractivity (Wildman–Crippen MR) is 89.5 cm³/mol. The van der Waals surface area contributed by atoms with Crippen LogP contribution in [-0.2, 0) is 14.3 Å². The van der Waals surface area contributed by atoms with E-state index in [0.717, 1.165) is 11.1 Å². The number of esters is 1. The number of amides is 1. The monoisotopic (exact) mass is 321 g/mol. The van der Waals surface area contributed by atoms with Gasteiger partial charge in [-0.25, -0.2) is 0 Å². The maximum atomic E-state index is 12.4. The number of aryl methyl sites for hydroxylation is 1. The minimum Gasteiger partial charge on any atom is -0.483 e. The van der Waals surface area contributed by atoms with Crippen LogP contribution in [0.5, 0.6) is 5.75 Å². The molecule has 0 bridgehead atoms. The van der Waals surface area contributed by atoms with Crippen LogP contribution in [0.4, 0.5) is 0 Å². The van der Waals surface area contributed by atoms with Crippen LogP contribution >= 0.6 is 0 Å². The highest BCUT2D eigenvalue weighted by atomic mass is 16.5. The Morgan fingerprint density at radius 2 is 1.91 bits per heavy atom. The quantitative estimate of drug-likeness (QED) is 0.691. The van der Waals surface area contributed by atoms with Gasteiger partial charge in [-0.2, -0.15) is 0 Å². The van der Waals surface area contributed by atoms with Crippen molar-refractivity contribution in [2.75, 3.05) is 19.8 Å². The summed E-state index contributed by atoms with van der Waals surface area (Å²) in [5, 5.41) is 0. The molecule has 0 saturated heterocycles. The molecule has 128 valence electrons. The Bertz CT molecular complexity index is 540. The van der Waals surface area contributed by atoms with E-state index in [1.54, 1.807) is 11.8 Å². The summed E-state index contributed by atoms with van der Waals surface area (Å²) in [4.78, 5) is 25.5. The Morgan fingerprint density at radius 3 is 2.52 bits per heavy atom. The number of carbonyl (C=O) groups excluding carboxylic acids is 2. The van der Waals surface area contributed by atoms with Gasteiger partial charge in [-0.15, -0.1) is 0 Å². The third kappa shape index (κ3) is 5.93. The molecule has 1 amide bonds. The molecule has 0 aromatic heterocycles. The van der Waals surface area contributed by atoms with Crippen molar-refractivity contribution in [1.82, 2.24) is 4.90 Å². The van der Waals surface area contributed by atoms with E-state index in [9.17, 15) is 9.59 Å². The van der Waals surface area contributed by atoms with E-state index in [-0.39, 0.29) is 30.9 Å². The van der Waals surface area contributed by atoms with E-state index in [0.29, 0.717) is 18.9 Å². The van der Waals surface area contributed by atoms with Gasteiger partial charge in [0.15, 0.2) is 6.61 Å². The summed E-state index contributed by atoms with van der Waals surface area (Å²) in [7, 11) is 0. The molecule has 0 saturated carbocycles. The number of ether oxygens (including phenoxy) is 2. The van der Waals surface area contributed by atoms with E-state index in [1.165, 1.54) is 0 Å². The number of hydrogen-bond acceptors (Lipinski definition) is 4. The van der Waals surface area contributed by atoms with Gasteiger partial charge in [0.25, 0.3) is 5.91 Å². The van der Waals surface area contributed by atoms with E-state index in [2.05, 4.69) is 0 Å². The van der Waals surface area contributed by atoms with Crippen molar-refractivity contribution < 1.29 is 19.1 Å². The number of hydrogen-bond donors (Lipinski definition) is 0. The molecule has 5 nitrogen and oxygen atoms in total.